The van der Waals surface area contributed by atoms with Gasteiger partial charge in [0.05, 0.1) is 6.54 Å². The number of nitrogens with zero attached hydrogens (tertiary/aromatic N) is 3. The fourth-order valence-electron chi connectivity index (χ4n) is 1.97. The Labute approximate surface area is 122 Å². The summed E-state index contributed by atoms with van der Waals surface area (Å²) in [5, 5.41) is 12.2. The molecule has 0 atom stereocenters. The van der Waals surface area contributed by atoms with E-state index in [-0.39, 0.29) is 0 Å². The van der Waals surface area contributed by atoms with Gasteiger partial charge in [-0.3, -0.25) is 0 Å². The van der Waals surface area contributed by atoms with Gasteiger partial charge in [-0.15, -0.1) is 5.10 Å². The quantitative estimate of drug-likeness (QED) is 0.887. The van der Waals surface area contributed by atoms with Gasteiger partial charge in [0, 0.05) is 24.7 Å². The Bertz CT molecular complexity index is 582. The van der Waals surface area contributed by atoms with Crippen molar-refractivity contribution in [3.8, 4) is 0 Å². The van der Waals surface area contributed by atoms with Crippen molar-refractivity contribution >= 4 is 17.6 Å². The Morgan fingerprint density at radius 3 is 3.00 bits per heavy atom. The molecule has 1 N–H and O–H groups in total. The van der Waals surface area contributed by atoms with Crippen molar-refractivity contribution in [1.29, 1.82) is 0 Å². The monoisotopic (exact) mass is 292 g/mol. The average molecular weight is 293 g/mol. The molecule has 0 bridgehead atoms. The molecule has 3 rings (SSSR count). The van der Waals surface area contributed by atoms with Crippen LogP contribution < -0.4 is 10.2 Å². The zero-order chi connectivity index (χ0) is 13.9. The van der Waals surface area contributed by atoms with Gasteiger partial charge in [-0.2, -0.15) is 0 Å². The van der Waals surface area contributed by atoms with E-state index in [0.717, 1.165) is 10.6 Å². The van der Waals surface area contributed by atoms with Crippen LogP contribution in [0, 0.1) is 0 Å². The molecule has 20 heavy (non-hydrogen) atoms. The minimum Gasteiger partial charge on any atom is -0.407 e. The van der Waals surface area contributed by atoms with Gasteiger partial charge in [-0.05, 0) is 30.5 Å². The van der Waals surface area contributed by atoms with E-state index in [1.54, 1.807) is 0 Å². The molecular weight excluding hydrogens is 276 g/mol. The lowest BCUT2D eigenvalue weighted by molar-refractivity contribution is 0.464. The van der Waals surface area contributed by atoms with E-state index in [1.807, 2.05) is 36.2 Å². The number of halogens is 1. The molecule has 6 heteroatoms. The highest BCUT2D eigenvalue weighted by molar-refractivity contribution is 6.30. The van der Waals surface area contributed by atoms with E-state index in [4.69, 9.17) is 16.0 Å². The van der Waals surface area contributed by atoms with E-state index >= 15 is 0 Å². The first-order chi connectivity index (χ1) is 9.70. The molecule has 2 aromatic rings. The molecule has 106 valence electrons. The van der Waals surface area contributed by atoms with Crippen molar-refractivity contribution in [2.45, 2.75) is 32.0 Å². The summed E-state index contributed by atoms with van der Waals surface area (Å²) in [5.74, 6) is 0.629. The fourth-order valence-corrected chi connectivity index (χ4v) is 2.18. The summed E-state index contributed by atoms with van der Waals surface area (Å²) >= 11 is 5.98. The van der Waals surface area contributed by atoms with E-state index < -0.39 is 0 Å². The van der Waals surface area contributed by atoms with E-state index in [1.165, 1.54) is 12.8 Å². The third kappa shape index (κ3) is 3.49. The molecule has 1 aliphatic carbocycles. The lowest BCUT2D eigenvalue weighted by atomic mass is 10.2. The van der Waals surface area contributed by atoms with Gasteiger partial charge < -0.3 is 14.6 Å². The molecule has 0 radical (unpaired) electrons. The predicted molar refractivity (Wildman–Crippen MR) is 77.7 cm³/mol. The highest BCUT2D eigenvalue weighted by Gasteiger charge is 2.21. The van der Waals surface area contributed by atoms with Crippen LogP contribution in [0.3, 0.4) is 0 Å². The molecule has 1 fully saturated rings. The van der Waals surface area contributed by atoms with E-state index in [9.17, 15) is 0 Å². The Hall–Kier alpha value is -1.59. The molecule has 0 unspecified atom stereocenters. The van der Waals surface area contributed by atoms with Gasteiger partial charge in [0.15, 0.2) is 0 Å². The van der Waals surface area contributed by atoms with Crippen LogP contribution in [-0.2, 0) is 13.1 Å². The Kier molecular flexibility index (Phi) is 3.89. The standard InChI is InChI=1S/C14H17ClN4O/c1-19(9-10-3-2-4-11(15)7-10)14-18-17-13(20-14)8-16-12-5-6-12/h2-4,7,12,16H,5-6,8-9H2,1H3. The van der Waals surface area contributed by atoms with Gasteiger partial charge in [0.25, 0.3) is 0 Å². The van der Waals surface area contributed by atoms with Crippen LogP contribution in [0.25, 0.3) is 0 Å². The highest BCUT2D eigenvalue weighted by atomic mass is 35.5. The van der Waals surface area contributed by atoms with Crippen LogP contribution in [0.15, 0.2) is 28.7 Å². The zero-order valence-corrected chi connectivity index (χ0v) is 12.1. The lowest BCUT2D eigenvalue weighted by Gasteiger charge is -2.13. The zero-order valence-electron chi connectivity index (χ0n) is 11.3. The molecule has 1 aliphatic rings. The van der Waals surface area contributed by atoms with Crippen LogP contribution in [0.4, 0.5) is 6.01 Å². The number of rotatable bonds is 6. The lowest BCUT2D eigenvalue weighted by Crippen LogP contribution is -2.17. The van der Waals surface area contributed by atoms with Crippen LogP contribution in [0.2, 0.25) is 5.02 Å². The minimum absolute atomic E-state index is 0.526. The second kappa shape index (κ2) is 5.81. The highest BCUT2D eigenvalue weighted by Crippen LogP contribution is 2.20. The first-order valence-corrected chi connectivity index (χ1v) is 7.10. The normalized spacial score (nSPS) is 14.5. The number of hydrogen-bond donors (Lipinski definition) is 1. The maximum atomic E-state index is 5.98. The first-order valence-electron chi connectivity index (χ1n) is 6.72. The van der Waals surface area contributed by atoms with Gasteiger partial charge in [0.2, 0.25) is 5.89 Å². The number of aromatic nitrogens is 2. The summed E-state index contributed by atoms with van der Waals surface area (Å²) in [6.45, 7) is 1.32. The largest absolute Gasteiger partial charge is 0.407 e. The smallest absolute Gasteiger partial charge is 0.318 e. The molecule has 1 aromatic heterocycles. The van der Waals surface area contributed by atoms with Crippen LogP contribution in [0.5, 0.6) is 0 Å². The van der Waals surface area contributed by atoms with Crippen molar-refractivity contribution in [2.75, 3.05) is 11.9 Å². The Morgan fingerprint density at radius 2 is 2.25 bits per heavy atom. The Balaban J connectivity index is 1.59. The SMILES string of the molecule is CN(Cc1cccc(Cl)c1)c1nnc(CNC2CC2)o1. The molecule has 5 nitrogen and oxygen atoms in total. The van der Waals surface area contributed by atoms with Gasteiger partial charge in [-0.25, -0.2) is 0 Å². The number of benzene rings is 1. The molecule has 1 saturated carbocycles. The number of nitrogens with one attached hydrogen (secondary N) is 1. The summed E-state index contributed by atoms with van der Waals surface area (Å²) in [6, 6.07) is 8.91. The summed E-state index contributed by atoms with van der Waals surface area (Å²) < 4.78 is 5.63. The minimum atomic E-state index is 0.526. The van der Waals surface area contributed by atoms with Crippen molar-refractivity contribution in [1.82, 2.24) is 15.5 Å². The van der Waals surface area contributed by atoms with Gasteiger partial charge in [-0.1, -0.05) is 28.8 Å². The summed E-state index contributed by atoms with van der Waals surface area (Å²) in [6.07, 6.45) is 2.49. The second-order valence-corrected chi connectivity index (χ2v) is 5.56. The van der Waals surface area contributed by atoms with E-state index in [2.05, 4.69) is 15.5 Å². The van der Waals surface area contributed by atoms with Gasteiger partial charge in [0.1, 0.15) is 0 Å². The van der Waals surface area contributed by atoms with Crippen molar-refractivity contribution in [3.05, 3.63) is 40.7 Å². The van der Waals surface area contributed by atoms with Crippen molar-refractivity contribution in [3.63, 3.8) is 0 Å². The molecule has 0 aliphatic heterocycles. The maximum absolute atomic E-state index is 5.98. The second-order valence-electron chi connectivity index (χ2n) is 5.12. The fraction of sp³-hybridized carbons (Fsp3) is 0.429. The predicted octanol–water partition coefficient (Wildman–Crippen LogP) is 2.61. The maximum Gasteiger partial charge on any atom is 0.318 e. The van der Waals surface area contributed by atoms with Crippen LogP contribution in [0.1, 0.15) is 24.3 Å². The summed E-state index contributed by atoms with van der Waals surface area (Å²) in [5.41, 5.74) is 1.11. The molecule has 0 amide bonds. The van der Waals surface area contributed by atoms with Crippen LogP contribution in [-0.4, -0.2) is 23.3 Å². The third-order valence-corrected chi connectivity index (χ3v) is 3.45. The van der Waals surface area contributed by atoms with Crippen molar-refractivity contribution in [2.24, 2.45) is 0 Å². The first kappa shape index (κ1) is 13.4. The molecule has 1 heterocycles. The van der Waals surface area contributed by atoms with E-state index in [0.29, 0.717) is 31.0 Å². The number of anilines is 1. The van der Waals surface area contributed by atoms with Crippen LogP contribution >= 0.6 is 11.6 Å². The summed E-state index contributed by atoms with van der Waals surface area (Å²) in [4.78, 5) is 1.92. The topological polar surface area (TPSA) is 54.2 Å². The average Bonchev–Trinajstić information content (AvgIpc) is 3.13. The summed E-state index contributed by atoms with van der Waals surface area (Å²) in [7, 11) is 1.92. The molecular formula is C14H17ClN4O. The molecule has 0 saturated heterocycles. The van der Waals surface area contributed by atoms with Gasteiger partial charge >= 0.3 is 6.01 Å². The third-order valence-electron chi connectivity index (χ3n) is 3.21. The molecule has 1 aromatic carbocycles. The number of hydrogen-bond acceptors (Lipinski definition) is 5. The Morgan fingerprint density at radius 1 is 1.40 bits per heavy atom. The van der Waals surface area contributed by atoms with Crippen molar-refractivity contribution < 1.29 is 4.42 Å². The molecule has 0 spiro atoms.